The van der Waals surface area contributed by atoms with Crippen molar-refractivity contribution in [3.05, 3.63) is 58.0 Å². The molecule has 0 saturated carbocycles. The quantitative estimate of drug-likeness (QED) is 0.663. The lowest BCUT2D eigenvalue weighted by Crippen LogP contribution is -2.60. The van der Waals surface area contributed by atoms with Crippen LogP contribution in [0, 0.1) is 5.92 Å². The van der Waals surface area contributed by atoms with Gasteiger partial charge in [-0.1, -0.05) is 37.0 Å². The van der Waals surface area contributed by atoms with Crippen LogP contribution in [-0.2, 0) is 9.53 Å². The lowest BCUT2D eigenvalue weighted by atomic mass is 9.96. The summed E-state index contributed by atoms with van der Waals surface area (Å²) >= 11 is 12.0. The van der Waals surface area contributed by atoms with Crippen LogP contribution in [0.5, 0.6) is 0 Å². The summed E-state index contributed by atoms with van der Waals surface area (Å²) < 4.78 is 11.5. The zero-order valence-corrected chi connectivity index (χ0v) is 20.6. The van der Waals surface area contributed by atoms with Crippen LogP contribution >= 0.6 is 23.2 Å². The van der Waals surface area contributed by atoms with E-state index < -0.39 is 17.7 Å². The van der Waals surface area contributed by atoms with Gasteiger partial charge in [0.15, 0.2) is 5.76 Å². The summed E-state index contributed by atoms with van der Waals surface area (Å²) in [5, 5.41) is 3.59. The summed E-state index contributed by atoms with van der Waals surface area (Å²) in [7, 11) is 0. The highest BCUT2D eigenvalue weighted by atomic mass is 35.5. The van der Waals surface area contributed by atoms with E-state index in [2.05, 4.69) is 5.32 Å². The number of amides is 3. The third kappa shape index (κ3) is 4.80. The van der Waals surface area contributed by atoms with Crippen molar-refractivity contribution in [2.75, 3.05) is 26.2 Å². The molecule has 3 amide bonds. The van der Waals surface area contributed by atoms with Gasteiger partial charge in [0.1, 0.15) is 11.8 Å². The Kier molecular flexibility index (Phi) is 7.21. The molecule has 0 aliphatic carbocycles. The average Bonchev–Trinajstić information content (AvgIpc) is 3.48. The molecule has 2 fully saturated rings. The zero-order chi connectivity index (χ0) is 24.5. The van der Waals surface area contributed by atoms with Gasteiger partial charge in [-0.25, -0.2) is 0 Å². The van der Waals surface area contributed by atoms with Crippen LogP contribution in [0.15, 0.2) is 41.0 Å². The topological polar surface area (TPSA) is 92.1 Å². The molecule has 2 saturated heterocycles. The van der Waals surface area contributed by atoms with Gasteiger partial charge in [-0.2, -0.15) is 0 Å². The molecular formula is C24H27Cl2N3O5. The average molecular weight is 508 g/mol. The van der Waals surface area contributed by atoms with Gasteiger partial charge >= 0.3 is 0 Å². The first kappa shape index (κ1) is 24.6. The van der Waals surface area contributed by atoms with E-state index in [1.54, 1.807) is 35.2 Å². The molecule has 4 rings (SSSR count). The maximum atomic E-state index is 13.4. The fourth-order valence-electron chi connectivity index (χ4n) is 4.38. The van der Waals surface area contributed by atoms with Crippen LogP contribution in [0.4, 0.5) is 0 Å². The molecule has 1 unspecified atom stereocenters. The molecule has 2 aliphatic rings. The molecule has 2 aromatic rings. The Hall–Kier alpha value is -2.55. The van der Waals surface area contributed by atoms with Crippen molar-refractivity contribution in [2.45, 2.75) is 38.5 Å². The molecule has 1 aromatic carbocycles. The van der Waals surface area contributed by atoms with E-state index >= 15 is 0 Å². The Morgan fingerprint density at radius 1 is 1.12 bits per heavy atom. The molecule has 0 radical (unpaired) electrons. The van der Waals surface area contributed by atoms with Gasteiger partial charge in [-0.05, 0) is 36.2 Å². The van der Waals surface area contributed by atoms with Crippen molar-refractivity contribution >= 4 is 40.9 Å². The number of rotatable bonds is 5. The minimum Gasteiger partial charge on any atom is -0.459 e. The summed E-state index contributed by atoms with van der Waals surface area (Å²) in [6.45, 7) is 5.27. The largest absolute Gasteiger partial charge is 0.459 e. The number of furan rings is 1. The lowest BCUT2D eigenvalue weighted by molar-refractivity contribution is -0.128. The Balaban J connectivity index is 1.53. The van der Waals surface area contributed by atoms with Gasteiger partial charge < -0.3 is 19.4 Å². The van der Waals surface area contributed by atoms with E-state index in [0.29, 0.717) is 48.1 Å². The highest BCUT2D eigenvalue weighted by Crippen LogP contribution is 2.39. The molecule has 1 spiro atoms. The molecule has 10 heteroatoms. The second-order valence-electron chi connectivity index (χ2n) is 8.99. The first-order chi connectivity index (χ1) is 16.2. The second-order valence-corrected chi connectivity index (χ2v) is 9.80. The maximum Gasteiger partial charge on any atom is 0.292 e. The molecule has 8 nitrogen and oxygen atoms in total. The van der Waals surface area contributed by atoms with Gasteiger partial charge in [0.2, 0.25) is 5.91 Å². The van der Waals surface area contributed by atoms with E-state index in [4.69, 9.17) is 32.4 Å². The fourth-order valence-corrected chi connectivity index (χ4v) is 4.68. The third-order valence-electron chi connectivity index (χ3n) is 6.20. The smallest absolute Gasteiger partial charge is 0.292 e. The second kappa shape index (κ2) is 9.98. The van der Waals surface area contributed by atoms with Gasteiger partial charge in [0.05, 0.1) is 22.9 Å². The van der Waals surface area contributed by atoms with E-state index in [9.17, 15) is 14.4 Å². The number of ether oxygens (including phenoxy) is 1. The number of halogens is 2. The summed E-state index contributed by atoms with van der Waals surface area (Å²) in [5.41, 5.74) is -0.565. The van der Waals surface area contributed by atoms with Crippen LogP contribution in [0.1, 0.15) is 47.6 Å². The third-order valence-corrected chi connectivity index (χ3v) is 6.94. The minimum atomic E-state index is -1.00. The molecular weight excluding hydrogens is 481 g/mol. The predicted octanol–water partition coefficient (Wildman–Crippen LogP) is 3.83. The Labute approximate surface area is 208 Å². The van der Waals surface area contributed by atoms with Gasteiger partial charge in [-0.15, -0.1) is 0 Å². The van der Waals surface area contributed by atoms with Gasteiger partial charge in [0.25, 0.3) is 11.8 Å². The molecule has 34 heavy (non-hydrogen) atoms. The van der Waals surface area contributed by atoms with Gasteiger partial charge in [0, 0.05) is 38.0 Å². The maximum absolute atomic E-state index is 13.4. The Bertz CT molecular complexity index is 1060. The van der Waals surface area contributed by atoms with Crippen molar-refractivity contribution in [2.24, 2.45) is 5.92 Å². The highest BCUT2D eigenvalue weighted by Gasteiger charge is 2.54. The summed E-state index contributed by atoms with van der Waals surface area (Å²) in [4.78, 5) is 42.6. The highest BCUT2D eigenvalue weighted by molar-refractivity contribution is 6.42. The van der Waals surface area contributed by atoms with E-state index in [-0.39, 0.29) is 30.1 Å². The van der Waals surface area contributed by atoms with Crippen LogP contribution in [0.3, 0.4) is 0 Å². The van der Waals surface area contributed by atoms with E-state index in [0.717, 1.165) is 0 Å². The van der Waals surface area contributed by atoms with Crippen molar-refractivity contribution in [1.82, 2.24) is 15.1 Å². The standard InChI is InChI=1S/C24H27Cl2N3O5/c1-15(2)13-27-21(30)19-14-34-24(29(19)23(32)20-4-3-11-33-20)7-9-28(10-8-24)22(31)16-5-6-17(25)18(26)12-16/h3-6,11-12,15,19H,7-10,13-14H2,1-2H3,(H,27,30). The number of piperidine rings is 1. The van der Waals surface area contributed by atoms with Crippen LogP contribution in [0.25, 0.3) is 0 Å². The monoisotopic (exact) mass is 507 g/mol. The summed E-state index contributed by atoms with van der Waals surface area (Å²) in [6, 6.07) is 7.18. The number of carbonyl (C=O) groups excluding carboxylic acids is 3. The fraction of sp³-hybridized carbons (Fsp3) is 0.458. The SMILES string of the molecule is CC(C)CNC(=O)C1COC2(CCN(C(=O)c3ccc(Cl)c(Cl)c3)CC2)N1C(=O)c1ccco1. The van der Waals surface area contributed by atoms with E-state index in [1.165, 1.54) is 11.2 Å². The lowest BCUT2D eigenvalue weighted by Gasteiger charge is -2.44. The predicted molar refractivity (Wildman–Crippen MR) is 127 cm³/mol. The van der Waals surface area contributed by atoms with Crippen LogP contribution in [-0.4, -0.2) is 65.5 Å². The first-order valence-corrected chi connectivity index (χ1v) is 12.0. The number of likely N-dealkylation sites (tertiary alicyclic amines) is 1. The molecule has 0 bridgehead atoms. The normalized spacial score (nSPS) is 19.6. The zero-order valence-electron chi connectivity index (χ0n) is 19.1. The number of nitrogens with one attached hydrogen (secondary N) is 1. The van der Waals surface area contributed by atoms with Crippen molar-refractivity contribution in [1.29, 1.82) is 0 Å². The number of nitrogens with zero attached hydrogens (tertiary/aromatic N) is 2. The molecule has 1 N–H and O–H groups in total. The minimum absolute atomic E-state index is 0.0805. The van der Waals surface area contributed by atoms with Crippen LogP contribution < -0.4 is 5.32 Å². The van der Waals surface area contributed by atoms with Crippen LogP contribution in [0.2, 0.25) is 10.0 Å². The first-order valence-electron chi connectivity index (χ1n) is 11.2. The number of carbonyl (C=O) groups is 3. The molecule has 2 aliphatic heterocycles. The van der Waals surface area contributed by atoms with Crippen molar-refractivity contribution in [3.63, 3.8) is 0 Å². The van der Waals surface area contributed by atoms with Crippen molar-refractivity contribution in [3.8, 4) is 0 Å². The van der Waals surface area contributed by atoms with E-state index in [1.807, 2.05) is 13.8 Å². The summed E-state index contributed by atoms with van der Waals surface area (Å²) in [6.07, 6.45) is 2.14. The van der Waals surface area contributed by atoms with Gasteiger partial charge in [-0.3, -0.25) is 19.3 Å². The van der Waals surface area contributed by atoms with Crippen molar-refractivity contribution < 1.29 is 23.5 Å². The Morgan fingerprint density at radius 3 is 2.47 bits per heavy atom. The molecule has 1 atom stereocenters. The molecule has 1 aromatic heterocycles. The number of hydrogen-bond donors (Lipinski definition) is 1. The molecule has 182 valence electrons. The summed E-state index contributed by atoms with van der Waals surface area (Å²) in [5.74, 6) is -0.441. The Morgan fingerprint density at radius 2 is 1.85 bits per heavy atom. The molecule has 3 heterocycles. The number of benzene rings is 1. The number of hydrogen-bond acceptors (Lipinski definition) is 5.